The Kier molecular flexibility index (Phi) is 5.08. The molecule has 2 amide bonds. The summed E-state index contributed by atoms with van der Waals surface area (Å²) in [7, 11) is 1.77. The van der Waals surface area contributed by atoms with Gasteiger partial charge in [-0.15, -0.1) is 0 Å². The molecule has 1 aromatic carbocycles. The van der Waals surface area contributed by atoms with Crippen molar-refractivity contribution in [2.45, 2.75) is 47.2 Å². The molecular formula is C18H25N3O2. The zero-order valence-corrected chi connectivity index (χ0v) is 14.7. The number of hydrogen-bond acceptors (Lipinski definition) is 3. The molecule has 0 unspecified atom stereocenters. The number of benzene rings is 1. The topological polar surface area (TPSA) is 58.4 Å². The number of aromatic nitrogens is 1. The smallest absolute Gasteiger partial charge is 0.317 e. The highest BCUT2D eigenvalue weighted by Gasteiger charge is 2.17. The van der Waals surface area contributed by atoms with E-state index >= 15 is 0 Å². The van der Waals surface area contributed by atoms with Crippen LogP contribution < -0.4 is 5.32 Å². The number of hydrogen-bond donors (Lipinski definition) is 1. The number of carbonyl (C=O) groups excluding carboxylic acids is 1. The highest BCUT2D eigenvalue weighted by molar-refractivity contribution is 5.74. The molecule has 0 aliphatic rings. The fourth-order valence-electron chi connectivity index (χ4n) is 2.68. The Morgan fingerprint density at radius 3 is 2.35 bits per heavy atom. The van der Waals surface area contributed by atoms with Crippen LogP contribution in [0.1, 0.15) is 46.7 Å². The van der Waals surface area contributed by atoms with E-state index in [-0.39, 0.29) is 12.1 Å². The standard InChI is InChI=1S/C18H25N3O2/c1-11-7-12(2)9-16(8-11)13(3)19-18(22)21(6)10-17-14(4)20-23-15(17)5/h7-9,13H,10H2,1-6H3,(H,19,22)/t13-/m1/s1. The van der Waals surface area contributed by atoms with Crippen LogP contribution in [-0.4, -0.2) is 23.1 Å². The first-order valence-electron chi connectivity index (χ1n) is 7.79. The molecule has 0 saturated heterocycles. The fraction of sp³-hybridized carbons (Fsp3) is 0.444. The van der Waals surface area contributed by atoms with E-state index in [4.69, 9.17) is 4.52 Å². The van der Waals surface area contributed by atoms with Gasteiger partial charge in [-0.25, -0.2) is 4.79 Å². The second kappa shape index (κ2) is 6.86. The first kappa shape index (κ1) is 17.1. The average Bonchev–Trinajstić information content (AvgIpc) is 2.77. The van der Waals surface area contributed by atoms with Crippen LogP contribution in [-0.2, 0) is 6.54 Å². The Labute approximate surface area is 137 Å². The van der Waals surface area contributed by atoms with Crippen LogP contribution in [0.2, 0.25) is 0 Å². The van der Waals surface area contributed by atoms with Gasteiger partial charge in [0.1, 0.15) is 5.76 Å². The predicted molar refractivity (Wildman–Crippen MR) is 90.3 cm³/mol. The predicted octanol–water partition coefficient (Wildman–Crippen LogP) is 3.81. The van der Waals surface area contributed by atoms with Gasteiger partial charge in [0, 0.05) is 12.6 Å². The number of aryl methyl sites for hydroxylation is 4. The summed E-state index contributed by atoms with van der Waals surface area (Å²) in [5.41, 5.74) is 5.29. The maximum atomic E-state index is 12.4. The summed E-state index contributed by atoms with van der Waals surface area (Å²) < 4.78 is 5.14. The first-order chi connectivity index (χ1) is 10.8. The van der Waals surface area contributed by atoms with Gasteiger partial charge in [0.2, 0.25) is 0 Å². The summed E-state index contributed by atoms with van der Waals surface area (Å²) in [5, 5.41) is 6.96. The highest BCUT2D eigenvalue weighted by Crippen LogP contribution is 2.18. The molecule has 1 atom stereocenters. The Morgan fingerprint density at radius 2 is 1.83 bits per heavy atom. The largest absolute Gasteiger partial charge is 0.361 e. The number of urea groups is 1. The van der Waals surface area contributed by atoms with Crippen LogP contribution in [0.4, 0.5) is 4.79 Å². The van der Waals surface area contributed by atoms with Gasteiger partial charge in [-0.1, -0.05) is 34.5 Å². The molecule has 0 saturated carbocycles. The summed E-state index contributed by atoms with van der Waals surface area (Å²) >= 11 is 0. The molecule has 1 N–H and O–H groups in total. The molecular weight excluding hydrogens is 290 g/mol. The molecule has 2 rings (SSSR count). The molecule has 124 valence electrons. The second-order valence-electron chi connectivity index (χ2n) is 6.25. The minimum atomic E-state index is -0.114. The van der Waals surface area contributed by atoms with Gasteiger partial charge in [-0.05, 0) is 40.2 Å². The zero-order chi connectivity index (χ0) is 17.1. The van der Waals surface area contributed by atoms with Crippen molar-refractivity contribution in [1.29, 1.82) is 0 Å². The zero-order valence-electron chi connectivity index (χ0n) is 14.7. The van der Waals surface area contributed by atoms with E-state index in [1.807, 2.05) is 20.8 Å². The van der Waals surface area contributed by atoms with Crippen molar-refractivity contribution in [3.05, 3.63) is 51.9 Å². The average molecular weight is 315 g/mol. The van der Waals surface area contributed by atoms with Crippen LogP contribution >= 0.6 is 0 Å². The Balaban J connectivity index is 2.03. The van der Waals surface area contributed by atoms with Crippen molar-refractivity contribution in [2.24, 2.45) is 0 Å². The van der Waals surface area contributed by atoms with Crippen LogP contribution in [0.3, 0.4) is 0 Å². The number of rotatable bonds is 4. The lowest BCUT2D eigenvalue weighted by atomic mass is 10.0. The van der Waals surface area contributed by atoms with Crippen LogP contribution in [0.25, 0.3) is 0 Å². The van der Waals surface area contributed by atoms with E-state index in [1.54, 1.807) is 11.9 Å². The molecule has 1 heterocycles. The highest BCUT2D eigenvalue weighted by atomic mass is 16.5. The third-order valence-corrected chi connectivity index (χ3v) is 4.01. The van der Waals surface area contributed by atoms with Gasteiger partial charge < -0.3 is 14.7 Å². The number of nitrogens with one attached hydrogen (secondary N) is 1. The Bertz CT molecular complexity index is 667. The second-order valence-corrected chi connectivity index (χ2v) is 6.25. The molecule has 0 aliphatic heterocycles. The number of carbonyl (C=O) groups is 1. The quantitative estimate of drug-likeness (QED) is 0.933. The lowest BCUT2D eigenvalue weighted by Gasteiger charge is -2.22. The van der Waals surface area contributed by atoms with E-state index in [2.05, 4.69) is 42.5 Å². The van der Waals surface area contributed by atoms with E-state index in [1.165, 1.54) is 11.1 Å². The van der Waals surface area contributed by atoms with Gasteiger partial charge in [-0.2, -0.15) is 0 Å². The van der Waals surface area contributed by atoms with E-state index in [9.17, 15) is 4.79 Å². The van der Waals surface area contributed by atoms with Crippen LogP contribution in [0.5, 0.6) is 0 Å². The summed E-state index contributed by atoms with van der Waals surface area (Å²) in [6.07, 6.45) is 0. The third kappa shape index (κ3) is 4.12. The van der Waals surface area contributed by atoms with Crippen molar-refractivity contribution in [2.75, 3.05) is 7.05 Å². The Hall–Kier alpha value is -2.30. The van der Waals surface area contributed by atoms with Crippen molar-refractivity contribution in [3.8, 4) is 0 Å². The molecule has 0 bridgehead atoms. The van der Waals surface area contributed by atoms with Gasteiger partial charge in [0.15, 0.2) is 0 Å². The molecule has 0 aliphatic carbocycles. The molecule has 0 radical (unpaired) electrons. The number of amides is 2. The minimum Gasteiger partial charge on any atom is -0.361 e. The summed E-state index contributed by atoms with van der Waals surface area (Å²) in [4.78, 5) is 14.1. The summed E-state index contributed by atoms with van der Waals surface area (Å²) in [5.74, 6) is 0.754. The van der Waals surface area contributed by atoms with Crippen molar-refractivity contribution >= 4 is 6.03 Å². The molecule has 0 fully saturated rings. The third-order valence-electron chi connectivity index (χ3n) is 4.01. The van der Waals surface area contributed by atoms with Gasteiger partial charge in [-0.3, -0.25) is 0 Å². The fourth-order valence-corrected chi connectivity index (χ4v) is 2.68. The lowest BCUT2D eigenvalue weighted by molar-refractivity contribution is 0.203. The molecule has 0 spiro atoms. The maximum Gasteiger partial charge on any atom is 0.317 e. The van der Waals surface area contributed by atoms with Crippen molar-refractivity contribution < 1.29 is 9.32 Å². The van der Waals surface area contributed by atoms with E-state index in [0.29, 0.717) is 6.54 Å². The SMILES string of the molecule is Cc1cc(C)cc([C@@H](C)NC(=O)N(C)Cc2c(C)noc2C)c1. The number of nitrogens with zero attached hydrogens (tertiary/aromatic N) is 2. The van der Waals surface area contributed by atoms with Crippen molar-refractivity contribution in [3.63, 3.8) is 0 Å². The van der Waals surface area contributed by atoms with Crippen LogP contribution in [0.15, 0.2) is 22.7 Å². The Morgan fingerprint density at radius 1 is 1.22 bits per heavy atom. The van der Waals surface area contributed by atoms with E-state index < -0.39 is 0 Å². The van der Waals surface area contributed by atoms with Gasteiger partial charge in [0.25, 0.3) is 0 Å². The summed E-state index contributed by atoms with van der Waals surface area (Å²) in [6, 6.07) is 6.17. The van der Waals surface area contributed by atoms with Crippen molar-refractivity contribution in [1.82, 2.24) is 15.4 Å². The minimum absolute atomic E-state index is 0.0479. The van der Waals surface area contributed by atoms with E-state index in [0.717, 1.165) is 22.6 Å². The first-order valence-corrected chi connectivity index (χ1v) is 7.79. The molecule has 23 heavy (non-hydrogen) atoms. The normalized spacial score (nSPS) is 12.1. The van der Waals surface area contributed by atoms with Gasteiger partial charge >= 0.3 is 6.03 Å². The monoisotopic (exact) mass is 315 g/mol. The van der Waals surface area contributed by atoms with Gasteiger partial charge in [0.05, 0.1) is 18.3 Å². The molecule has 2 aromatic rings. The molecule has 5 nitrogen and oxygen atoms in total. The maximum absolute atomic E-state index is 12.4. The van der Waals surface area contributed by atoms with Crippen LogP contribution in [0, 0.1) is 27.7 Å². The molecule has 5 heteroatoms. The molecule has 1 aromatic heterocycles. The summed E-state index contributed by atoms with van der Waals surface area (Å²) in [6.45, 7) is 10.3. The lowest BCUT2D eigenvalue weighted by Crippen LogP contribution is -2.38.